The molecule has 4 rings (SSSR count). The summed E-state index contributed by atoms with van der Waals surface area (Å²) in [7, 11) is 0. The molecule has 0 aromatic heterocycles. The van der Waals surface area contributed by atoms with Gasteiger partial charge in [0.15, 0.2) is 0 Å². The molecule has 1 atom stereocenters. The topological polar surface area (TPSA) is 78.5 Å². The number of carbonyl (C=O) groups excluding carboxylic acids is 3. The van der Waals surface area contributed by atoms with E-state index < -0.39 is 23.7 Å². The number of hydrogen-bond donors (Lipinski definition) is 2. The summed E-state index contributed by atoms with van der Waals surface area (Å²) in [5, 5.41) is 5.50. The average Bonchev–Trinajstić information content (AvgIpc) is 3.29. The minimum Gasteiger partial charge on any atom is -0.346 e. The molecule has 6 nitrogen and oxygen atoms in total. The third-order valence-corrected chi connectivity index (χ3v) is 5.92. The van der Waals surface area contributed by atoms with Crippen LogP contribution in [-0.4, -0.2) is 24.3 Å². The van der Waals surface area contributed by atoms with Crippen LogP contribution >= 0.6 is 0 Å². The zero-order valence-electron chi connectivity index (χ0n) is 19.4. The highest BCUT2D eigenvalue weighted by Gasteiger charge is 2.33. The number of rotatable bonds is 6. The number of benzene rings is 3. The van der Waals surface area contributed by atoms with E-state index in [0.717, 1.165) is 12.1 Å². The lowest BCUT2D eigenvalue weighted by atomic mass is 10.0. The van der Waals surface area contributed by atoms with Gasteiger partial charge < -0.3 is 15.5 Å². The highest BCUT2D eigenvalue weighted by atomic mass is 19.4. The number of halogens is 3. The van der Waals surface area contributed by atoms with E-state index in [1.54, 1.807) is 61.5 Å². The Hall–Kier alpha value is -4.14. The molecule has 186 valence electrons. The van der Waals surface area contributed by atoms with Gasteiger partial charge in [-0.3, -0.25) is 14.4 Å². The van der Waals surface area contributed by atoms with Crippen LogP contribution in [0.15, 0.2) is 72.8 Å². The fraction of sp³-hybridized carbons (Fsp3) is 0.222. The van der Waals surface area contributed by atoms with Gasteiger partial charge >= 0.3 is 6.18 Å². The second-order valence-corrected chi connectivity index (χ2v) is 8.56. The van der Waals surface area contributed by atoms with E-state index in [4.69, 9.17) is 0 Å². The van der Waals surface area contributed by atoms with Crippen molar-refractivity contribution in [1.29, 1.82) is 0 Å². The van der Waals surface area contributed by atoms with Crippen LogP contribution in [-0.2, 0) is 11.0 Å². The highest BCUT2D eigenvalue weighted by Crippen LogP contribution is 2.34. The Morgan fingerprint density at radius 2 is 1.67 bits per heavy atom. The van der Waals surface area contributed by atoms with Gasteiger partial charge in [0.25, 0.3) is 11.8 Å². The van der Waals surface area contributed by atoms with Gasteiger partial charge in [-0.25, -0.2) is 0 Å². The molecule has 9 heteroatoms. The van der Waals surface area contributed by atoms with Gasteiger partial charge in [-0.15, -0.1) is 0 Å². The summed E-state index contributed by atoms with van der Waals surface area (Å²) in [4.78, 5) is 38.8. The van der Waals surface area contributed by atoms with Crippen LogP contribution in [0.2, 0.25) is 0 Å². The zero-order chi connectivity index (χ0) is 25.9. The second-order valence-electron chi connectivity index (χ2n) is 8.56. The Balaban J connectivity index is 1.52. The van der Waals surface area contributed by atoms with Gasteiger partial charge in [0.05, 0.1) is 11.6 Å². The molecule has 1 fully saturated rings. The number of anilines is 2. The average molecular weight is 496 g/mol. The molecule has 0 radical (unpaired) electrons. The summed E-state index contributed by atoms with van der Waals surface area (Å²) >= 11 is 0. The molecule has 1 unspecified atom stereocenters. The fourth-order valence-electron chi connectivity index (χ4n) is 4.02. The molecule has 2 N–H and O–H groups in total. The van der Waals surface area contributed by atoms with E-state index >= 15 is 0 Å². The zero-order valence-corrected chi connectivity index (χ0v) is 19.4. The largest absolute Gasteiger partial charge is 0.416 e. The maximum absolute atomic E-state index is 13.5. The maximum atomic E-state index is 13.5. The van der Waals surface area contributed by atoms with Gasteiger partial charge in [0, 0.05) is 35.5 Å². The molecular weight excluding hydrogens is 471 g/mol. The van der Waals surface area contributed by atoms with Crippen LogP contribution in [0.1, 0.15) is 57.7 Å². The molecule has 3 aromatic rings. The molecule has 1 heterocycles. The molecule has 0 aliphatic carbocycles. The first-order valence-corrected chi connectivity index (χ1v) is 11.4. The predicted octanol–water partition coefficient (Wildman–Crippen LogP) is 5.58. The van der Waals surface area contributed by atoms with Crippen molar-refractivity contribution in [3.63, 3.8) is 0 Å². The van der Waals surface area contributed by atoms with Gasteiger partial charge in [0.2, 0.25) is 5.91 Å². The lowest BCUT2D eigenvalue weighted by Gasteiger charge is -2.20. The first kappa shape index (κ1) is 25.0. The predicted molar refractivity (Wildman–Crippen MR) is 130 cm³/mol. The van der Waals surface area contributed by atoms with Crippen molar-refractivity contribution in [1.82, 2.24) is 5.32 Å². The normalized spacial score (nSPS) is 14.4. The Morgan fingerprint density at radius 3 is 2.33 bits per heavy atom. The van der Waals surface area contributed by atoms with Crippen molar-refractivity contribution in [3.8, 4) is 0 Å². The lowest BCUT2D eigenvalue weighted by molar-refractivity contribution is -0.137. The van der Waals surface area contributed by atoms with E-state index in [1.807, 2.05) is 0 Å². The first-order chi connectivity index (χ1) is 17.1. The standard InChI is InChI=1S/C27H24F3N3O3/c1-17(19-9-5-10-22(14-19)32-25(35)18-7-3-2-4-8-18)31-26(36)20-13-21(27(28,29)30)16-23(15-20)33-12-6-11-24(33)34/h2-5,7-10,13-17H,6,11-12H2,1H3,(H,31,36)(H,32,35). The van der Waals surface area contributed by atoms with Gasteiger partial charge in [0.1, 0.15) is 0 Å². The Morgan fingerprint density at radius 1 is 0.917 bits per heavy atom. The number of amides is 3. The van der Waals surface area contributed by atoms with Gasteiger partial charge in [-0.2, -0.15) is 13.2 Å². The molecule has 1 aliphatic heterocycles. The van der Waals surface area contributed by atoms with Crippen molar-refractivity contribution in [2.45, 2.75) is 32.0 Å². The summed E-state index contributed by atoms with van der Waals surface area (Å²) in [6.07, 6.45) is -3.87. The SMILES string of the molecule is CC(NC(=O)c1cc(N2CCCC2=O)cc(C(F)(F)F)c1)c1cccc(NC(=O)c2ccccc2)c1. The smallest absolute Gasteiger partial charge is 0.346 e. The van der Waals surface area contributed by atoms with Crippen molar-refractivity contribution in [2.24, 2.45) is 0 Å². The van der Waals surface area contributed by atoms with E-state index in [-0.39, 0.29) is 29.5 Å². The number of nitrogens with one attached hydrogen (secondary N) is 2. The number of carbonyl (C=O) groups is 3. The third kappa shape index (κ3) is 5.73. The molecule has 36 heavy (non-hydrogen) atoms. The van der Waals surface area contributed by atoms with Crippen LogP contribution < -0.4 is 15.5 Å². The van der Waals surface area contributed by atoms with Crippen molar-refractivity contribution >= 4 is 29.1 Å². The monoisotopic (exact) mass is 495 g/mol. The highest BCUT2D eigenvalue weighted by molar-refractivity contribution is 6.04. The van der Waals surface area contributed by atoms with E-state index in [0.29, 0.717) is 29.8 Å². The number of alkyl halides is 3. The molecule has 1 saturated heterocycles. The maximum Gasteiger partial charge on any atom is 0.416 e. The van der Waals surface area contributed by atoms with Crippen LogP contribution in [0.5, 0.6) is 0 Å². The van der Waals surface area contributed by atoms with Crippen LogP contribution in [0.3, 0.4) is 0 Å². The number of hydrogen-bond acceptors (Lipinski definition) is 3. The summed E-state index contributed by atoms with van der Waals surface area (Å²) in [6, 6.07) is 17.9. The Bertz CT molecular complexity index is 1290. The van der Waals surface area contributed by atoms with Crippen LogP contribution in [0.25, 0.3) is 0 Å². The van der Waals surface area contributed by atoms with Crippen molar-refractivity contribution in [2.75, 3.05) is 16.8 Å². The van der Waals surface area contributed by atoms with E-state index in [1.165, 1.54) is 11.0 Å². The summed E-state index contributed by atoms with van der Waals surface area (Å²) < 4.78 is 40.6. The minimum atomic E-state index is -4.68. The Labute approximate surface area is 206 Å². The lowest BCUT2D eigenvalue weighted by Crippen LogP contribution is -2.28. The molecule has 3 aromatic carbocycles. The number of nitrogens with zero attached hydrogens (tertiary/aromatic N) is 1. The Kier molecular flexibility index (Phi) is 7.10. The van der Waals surface area contributed by atoms with E-state index in [9.17, 15) is 27.6 Å². The van der Waals surface area contributed by atoms with E-state index in [2.05, 4.69) is 10.6 Å². The molecule has 0 spiro atoms. The minimum absolute atomic E-state index is 0.0516. The van der Waals surface area contributed by atoms with Gasteiger partial charge in [-0.05, 0) is 61.4 Å². The quantitative estimate of drug-likeness (QED) is 0.469. The van der Waals surface area contributed by atoms with Crippen LogP contribution in [0, 0.1) is 0 Å². The molecule has 0 saturated carbocycles. The van der Waals surface area contributed by atoms with Crippen molar-refractivity contribution in [3.05, 3.63) is 95.1 Å². The van der Waals surface area contributed by atoms with Crippen LogP contribution in [0.4, 0.5) is 24.5 Å². The first-order valence-electron chi connectivity index (χ1n) is 11.4. The molecule has 3 amide bonds. The summed E-state index contributed by atoms with van der Waals surface area (Å²) in [6.45, 7) is 1.99. The van der Waals surface area contributed by atoms with Gasteiger partial charge in [-0.1, -0.05) is 30.3 Å². The molecular formula is C27H24F3N3O3. The fourth-order valence-corrected chi connectivity index (χ4v) is 4.02. The summed E-state index contributed by atoms with van der Waals surface area (Å²) in [5.74, 6) is -1.28. The third-order valence-electron chi connectivity index (χ3n) is 5.92. The molecule has 0 bridgehead atoms. The molecule has 1 aliphatic rings. The second kappa shape index (κ2) is 10.2. The van der Waals surface area contributed by atoms with Crippen molar-refractivity contribution < 1.29 is 27.6 Å². The summed E-state index contributed by atoms with van der Waals surface area (Å²) in [5.41, 5.74) is 0.507.